The Balaban J connectivity index is 1.54. The standard InChI is InChI=1S/C35H20N4OS/c40-35-37-33(21-11-2-1-3-12-21)36-34-27(18-10-20-38(34)35)39-26-17-8-6-15-24(26)29-22-13-4-5-14-23(22)30-25-16-7-9-19-28(25)41-32(30)31(29)39/h1-20H. The number of para-hydroxylation sites is 1. The molecule has 4 aromatic heterocycles. The molecule has 9 aromatic rings. The van der Waals surface area contributed by atoms with E-state index in [9.17, 15) is 4.79 Å². The lowest BCUT2D eigenvalue weighted by molar-refractivity contribution is 0.937. The lowest BCUT2D eigenvalue weighted by Gasteiger charge is -2.13. The molecule has 192 valence electrons. The van der Waals surface area contributed by atoms with Crippen LogP contribution in [-0.2, 0) is 0 Å². The topological polar surface area (TPSA) is 52.2 Å². The maximum atomic E-state index is 13.3. The third kappa shape index (κ3) is 3.08. The van der Waals surface area contributed by atoms with Crippen molar-refractivity contribution in [3.8, 4) is 17.1 Å². The zero-order valence-electron chi connectivity index (χ0n) is 21.7. The maximum Gasteiger partial charge on any atom is 0.355 e. The van der Waals surface area contributed by atoms with Crippen molar-refractivity contribution in [1.82, 2.24) is 18.9 Å². The fourth-order valence-corrected chi connectivity index (χ4v) is 7.55. The second-order valence-electron chi connectivity index (χ2n) is 10.2. The Hall–Kier alpha value is -5.33. The molecule has 0 aliphatic carbocycles. The Morgan fingerprint density at radius 3 is 2.12 bits per heavy atom. The Labute approximate surface area is 237 Å². The highest BCUT2D eigenvalue weighted by Gasteiger charge is 2.23. The van der Waals surface area contributed by atoms with Gasteiger partial charge in [-0.2, -0.15) is 4.98 Å². The van der Waals surface area contributed by atoms with E-state index in [1.54, 1.807) is 10.6 Å². The lowest BCUT2D eigenvalue weighted by Crippen LogP contribution is -2.20. The number of hydrogen-bond donors (Lipinski definition) is 0. The van der Waals surface area contributed by atoms with Gasteiger partial charge in [0, 0.05) is 38.0 Å². The lowest BCUT2D eigenvalue weighted by atomic mass is 9.99. The number of benzene rings is 5. The molecule has 0 N–H and O–H groups in total. The molecule has 0 fully saturated rings. The van der Waals surface area contributed by atoms with Crippen LogP contribution in [0.3, 0.4) is 0 Å². The first kappa shape index (κ1) is 22.5. The van der Waals surface area contributed by atoms with E-state index < -0.39 is 0 Å². The van der Waals surface area contributed by atoms with E-state index in [0.717, 1.165) is 22.3 Å². The van der Waals surface area contributed by atoms with Crippen LogP contribution in [0.5, 0.6) is 0 Å². The van der Waals surface area contributed by atoms with E-state index in [1.807, 2.05) is 47.7 Å². The van der Waals surface area contributed by atoms with Gasteiger partial charge in [0.25, 0.3) is 0 Å². The molecular formula is C35H20N4OS. The van der Waals surface area contributed by atoms with Crippen molar-refractivity contribution < 1.29 is 0 Å². The molecule has 5 aromatic carbocycles. The van der Waals surface area contributed by atoms with Gasteiger partial charge in [0.15, 0.2) is 11.5 Å². The van der Waals surface area contributed by atoms with Crippen molar-refractivity contribution in [2.75, 3.05) is 0 Å². The first-order valence-electron chi connectivity index (χ1n) is 13.5. The van der Waals surface area contributed by atoms with Crippen molar-refractivity contribution in [1.29, 1.82) is 0 Å². The zero-order chi connectivity index (χ0) is 27.1. The van der Waals surface area contributed by atoms with Crippen molar-refractivity contribution >= 4 is 69.7 Å². The Bertz CT molecular complexity index is 2560. The number of hydrogen-bond acceptors (Lipinski definition) is 4. The molecule has 0 atom stereocenters. The monoisotopic (exact) mass is 544 g/mol. The molecular weight excluding hydrogens is 524 g/mol. The summed E-state index contributed by atoms with van der Waals surface area (Å²) in [6.45, 7) is 0. The van der Waals surface area contributed by atoms with Crippen LogP contribution in [0, 0.1) is 0 Å². The number of pyridine rings is 1. The van der Waals surface area contributed by atoms with E-state index in [2.05, 4.69) is 88.4 Å². The van der Waals surface area contributed by atoms with Gasteiger partial charge >= 0.3 is 5.69 Å². The third-order valence-corrected chi connectivity index (χ3v) is 9.17. The van der Waals surface area contributed by atoms with Crippen LogP contribution in [0.25, 0.3) is 75.5 Å². The predicted octanol–water partition coefficient (Wildman–Crippen LogP) is 8.37. The number of fused-ring (bicyclic) bond motifs is 11. The minimum absolute atomic E-state index is 0.353. The average molecular weight is 545 g/mol. The van der Waals surface area contributed by atoms with Crippen LogP contribution in [-0.4, -0.2) is 18.9 Å². The summed E-state index contributed by atoms with van der Waals surface area (Å²) in [6, 6.07) is 39.5. The summed E-state index contributed by atoms with van der Waals surface area (Å²) < 4.78 is 6.31. The highest BCUT2D eigenvalue weighted by Crippen LogP contribution is 2.47. The summed E-state index contributed by atoms with van der Waals surface area (Å²) in [6.07, 6.45) is 1.74. The highest BCUT2D eigenvalue weighted by molar-refractivity contribution is 7.27. The summed E-state index contributed by atoms with van der Waals surface area (Å²) >= 11 is 1.82. The van der Waals surface area contributed by atoms with Gasteiger partial charge in [0.1, 0.15) is 0 Å². The van der Waals surface area contributed by atoms with Gasteiger partial charge in [-0.1, -0.05) is 91.0 Å². The summed E-state index contributed by atoms with van der Waals surface area (Å²) in [5, 5.41) is 7.35. The molecule has 9 rings (SSSR count). The van der Waals surface area contributed by atoms with E-state index >= 15 is 0 Å². The fourth-order valence-electron chi connectivity index (χ4n) is 6.29. The van der Waals surface area contributed by atoms with Crippen LogP contribution < -0.4 is 5.69 Å². The summed E-state index contributed by atoms with van der Waals surface area (Å²) in [5.41, 5.74) is 4.05. The average Bonchev–Trinajstić information content (AvgIpc) is 3.58. The van der Waals surface area contributed by atoms with Crippen LogP contribution in [0.4, 0.5) is 0 Å². The second kappa shape index (κ2) is 8.34. The van der Waals surface area contributed by atoms with Crippen LogP contribution in [0.15, 0.2) is 126 Å². The van der Waals surface area contributed by atoms with Gasteiger partial charge < -0.3 is 4.57 Å². The first-order chi connectivity index (χ1) is 20.3. The molecule has 0 aliphatic heterocycles. The Morgan fingerprint density at radius 1 is 0.610 bits per heavy atom. The molecule has 0 saturated carbocycles. The summed E-state index contributed by atoms with van der Waals surface area (Å²) in [4.78, 5) is 22.7. The predicted molar refractivity (Wildman–Crippen MR) is 169 cm³/mol. The summed E-state index contributed by atoms with van der Waals surface area (Å²) in [7, 11) is 0. The van der Waals surface area contributed by atoms with Crippen molar-refractivity contribution in [2.45, 2.75) is 0 Å². The molecule has 4 heterocycles. The molecule has 5 nitrogen and oxygen atoms in total. The molecule has 0 spiro atoms. The Morgan fingerprint density at radius 2 is 1.29 bits per heavy atom. The fraction of sp³-hybridized carbons (Fsp3) is 0. The SMILES string of the molecule is O=c1nc(-c2ccccc2)nc2c(-n3c4ccccc4c4c5ccccc5c5c6ccccc6sc5c43)cccn12. The van der Waals surface area contributed by atoms with Crippen LogP contribution in [0.1, 0.15) is 0 Å². The van der Waals surface area contributed by atoms with Crippen molar-refractivity contribution in [3.63, 3.8) is 0 Å². The second-order valence-corrected chi connectivity index (χ2v) is 11.3. The highest BCUT2D eigenvalue weighted by atomic mass is 32.1. The molecule has 0 aliphatic rings. The van der Waals surface area contributed by atoms with E-state index in [4.69, 9.17) is 4.98 Å². The molecule has 0 radical (unpaired) electrons. The molecule has 41 heavy (non-hydrogen) atoms. The minimum atomic E-state index is -0.353. The number of aromatic nitrogens is 4. The largest absolute Gasteiger partial charge is 0.355 e. The van der Waals surface area contributed by atoms with Gasteiger partial charge in [0.2, 0.25) is 0 Å². The van der Waals surface area contributed by atoms with Crippen molar-refractivity contribution in [3.05, 3.63) is 132 Å². The molecule has 0 amide bonds. The quantitative estimate of drug-likeness (QED) is 0.220. The van der Waals surface area contributed by atoms with Gasteiger partial charge in [-0.25, -0.2) is 14.2 Å². The first-order valence-corrected chi connectivity index (χ1v) is 14.3. The minimum Gasteiger partial charge on any atom is -0.304 e. The number of nitrogens with zero attached hydrogens (tertiary/aromatic N) is 4. The van der Waals surface area contributed by atoms with Crippen molar-refractivity contribution in [2.24, 2.45) is 0 Å². The number of rotatable bonds is 2. The Kier molecular flexibility index (Phi) is 4.57. The van der Waals surface area contributed by atoms with Gasteiger partial charge in [-0.15, -0.1) is 11.3 Å². The molecule has 0 bridgehead atoms. The van der Waals surface area contributed by atoms with Gasteiger partial charge in [-0.05, 0) is 35.0 Å². The van der Waals surface area contributed by atoms with Gasteiger partial charge in [-0.3, -0.25) is 0 Å². The van der Waals surface area contributed by atoms with E-state index in [1.165, 1.54) is 41.7 Å². The van der Waals surface area contributed by atoms with Crippen LogP contribution in [0.2, 0.25) is 0 Å². The summed E-state index contributed by atoms with van der Waals surface area (Å²) in [5.74, 6) is 0.418. The molecule has 0 unspecified atom stereocenters. The van der Waals surface area contributed by atoms with E-state index in [0.29, 0.717) is 11.5 Å². The van der Waals surface area contributed by atoms with Crippen LogP contribution >= 0.6 is 11.3 Å². The van der Waals surface area contributed by atoms with Gasteiger partial charge in [0.05, 0.1) is 21.4 Å². The third-order valence-electron chi connectivity index (χ3n) is 7.99. The molecule has 6 heteroatoms. The number of thiophene rings is 1. The smallest absolute Gasteiger partial charge is 0.304 e. The maximum absolute atomic E-state index is 13.3. The zero-order valence-corrected chi connectivity index (χ0v) is 22.5. The molecule has 0 saturated heterocycles. The van der Waals surface area contributed by atoms with E-state index in [-0.39, 0.29) is 5.69 Å². The normalized spacial score (nSPS) is 12.0.